The number of hydrogen-bond donors (Lipinski definition) is 1. The monoisotopic (exact) mass is 276 g/mol. The van der Waals surface area contributed by atoms with Crippen LogP contribution in [0.15, 0.2) is 18.6 Å². The third-order valence-electron chi connectivity index (χ3n) is 3.04. The fourth-order valence-corrected chi connectivity index (χ4v) is 1.98. The summed E-state index contributed by atoms with van der Waals surface area (Å²) in [5, 5.41) is 21.8. The van der Waals surface area contributed by atoms with Gasteiger partial charge < -0.3 is 5.32 Å². The van der Waals surface area contributed by atoms with E-state index in [9.17, 15) is 10.1 Å². The molecule has 2 rings (SSSR count). The van der Waals surface area contributed by atoms with Crippen LogP contribution in [0.5, 0.6) is 0 Å². The lowest BCUT2D eigenvalue weighted by molar-refractivity contribution is -0.386. The quantitative estimate of drug-likeness (QED) is 0.480. The summed E-state index contributed by atoms with van der Waals surface area (Å²) >= 11 is 0. The van der Waals surface area contributed by atoms with Crippen LogP contribution in [0, 0.1) is 24.0 Å². The minimum Gasteiger partial charge on any atom is -0.309 e. The van der Waals surface area contributed by atoms with Crippen LogP contribution in [0.3, 0.4) is 0 Å². The zero-order valence-electron chi connectivity index (χ0n) is 11.4. The Morgan fingerprint density at radius 3 is 2.90 bits per heavy atom. The van der Waals surface area contributed by atoms with Gasteiger partial charge >= 0.3 is 0 Å². The minimum absolute atomic E-state index is 0.146. The summed E-state index contributed by atoms with van der Waals surface area (Å²) in [6, 6.07) is 0. The van der Waals surface area contributed by atoms with Crippen molar-refractivity contribution < 1.29 is 4.92 Å². The van der Waals surface area contributed by atoms with Crippen molar-refractivity contribution >= 4 is 5.69 Å². The SMILES string of the molecule is Cc1cnc(CNCCn2ccnn2)c(C)c1[N+](=O)[O-]. The Bertz CT molecular complexity index is 596. The second kappa shape index (κ2) is 6.20. The number of pyridine rings is 1. The summed E-state index contributed by atoms with van der Waals surface area (Å²) in [4.78, 5) is 14.9. The van der Waals surface area contributed by atoms with Crippen molar-refractivity contribution in [3.05, 3.63) is 45.5 Å². The summed E-state index contributed by atoms with van der Waals surface area (Å²) in [6.45, 7) is 5.29. The normalized spacial score (nSPS) is 10.7. The van der Waals surface area contributed by atoms with Gasteiger partial charge in [0.1, 0.15) is 0 Å². The maximum Gasteiger partial charge on any atom is 0.278 e. The second-order valence-electron chi connectivity index (χ2n) is 4.46. The molecule has 0 amide bonds. The molecule has 0 aliphatic carbocycles. The number of nitrogens with zero attached hydrogens (tertiary/aromatic N) is 5. The van der Waals surface area contributed by atoms with Crippen molar-refractivity contribution in [2.45, 2.75) is 26.9 Å². The third-order valence-corrected chi connectivity index (χ3v) is 3.04. The van der Waals surface area contributed by atoms with Crippen molar-refractivity contribution in [3.63, 3.8) is 0 Å². The van der Waals surface area contributed by atoms with E-state index in [1.54, 1.807) is 37.1 Å². The predicted octanol–water partition coefficient (Wildman–Crippen LogP) is 0.988. The van der Waals surface area contributed by atoms with Crippen molar-refractivity contribution in [2.24, 2.45) is 0 Å². The number of aromatic nitrogens is 4. The van der Waals surface area contributed by atoms with Crippen LogP contribution < -0.4 is 5.32 Å². The van der Waals surface area contributed by atoms with E-state index in [0.29, 0.717) is 36.5 Å². The van der Waals surface area contributed by atoms with Gasteiger partial charge in [0.25, 0.3) is 5.69 Å². The highest BCUT2D eigenvalue weighted by molar-refractivity contribution is 5.47. The molecule has 8 nitrogen and oxygen atoms in total. The molecule has 0 unspecified atom stereocenters. The molecule has 0 saturated heterocycles. The summed E-state index contributed by atoms with van der Waals surface area (Å²) in [5.74, 6) is 0. The van der Waals surface area contributed by atoms with Gasteiger partial charge in [0.05, 0.1) is 23.4 Å². The van der Waals surface area contributed by atoms with Crippen LogP contribution in [0.4, 0.5) is 5.69 Å². The molecule has 0 bridgehead atoms. The van der Waals surface area contributed by atoms with E-state index >= 15 is 0 Å². The van der Waals surface area contributed by atoms with E-state index in [-0.39, 0.29) is 10.6 Å². The minimum atomic E-state index is -0.356. The molecule has 0 aliphatic rings. The first-order valence-corrected chi connectivity index (χ1v) is 6.24. The molecule has 2 aromatic heterocycles. The molecule has 106 valence electrons. The zero-order valence-corrected chi connectivity index (χ0v) is 11.4. The molecule has 0 atom stereocenters. The van der Waals surface area contributed by atoms with E-state index < -0.39 is 0 Å². The van der Waals surface area contributed by atoms with Gasteiger partial charge in [-0.1, -0.05) is 5.21 Å². The Kier molecular flexibility index (Phi) is 4.36. The smallest absolute Gasteiger partial charge is 0.278 e. The second-order valence-corrected chi connectivity index (χ2v) is 4.46. The Hall–Kier alpha value is -2.35. The lowest BCUT2D eigenvalue weighted by Gasteiger charge is -2.08. The summed E-state index contributed by atoms with van der Waals surface area (Å²) in [7, 11) is 0. The molecule has 2 heterocycles. The van der Waals surface area contributed by atoms with Gasteiger partial charge in [-0.25, -0.2) is 0 Å². The fraction of sp³-hybridized carbons (Fsp3) is 0.417. The van der Waals surface area contributed by atoms with E-state index in [4.69, 9.17) is 0 Å². The highest BCUT2D eigenvalue weighted by Crippen LogP contribution is 2.23. The van der Waals surface area contributed by atoms with Gasteiger partial charge in [0.2, 0.25) is 0 Å². The fourth-order valence-electron chi connectivity index (χ4n) is 1.98. The average Bonchev–Trinajstić information content (AvgIpc) is 2.89. The Morgan fingerprint density at radius 1 is 1.45 bits per heavy atom. The van der Waals surface area contributed by atoms with Crippen LogP contribution in [-0.2, 0) is 13.1 Å². The predicted molar refractivity (Wildman–Crippen MR) is 72.1 cm³/mol. The first-order chi connectivity index (χ1) is 9.59. The molecule has 0 saturated carbocycles. The van der Waals surface area contributed by atoms with Crippen LogP contribution in [0.1, 0.15) is 16.8 Å². The Morgan fingerprint density at radius 2 is 2.25 bits per heavy atom. The molecular weight excluding hydrogens is 260 g/mol. The molecule has 2 aromatic rings. The third kappa shape index (κ3) is 3.15. The van der Waals surface area contributed by atoms with Gasteiger partial charge in [0.15, 0.2) is 0 Å². The Labute approximate surface area is 116 Å². The van der Waals surface area contributed by atoms with Gasteiger partial charge in [-0.3, -0.25) is 19.8 Å². The molecular formula is C12H16N6O2. The highest BCUT2D eigenvalue weighted by atomic mass is 16.6. The summed E-state index contributed by atoms with van der Waals surface area (Å²) in [6.07, 6.45) is 4.94. The molecule has 0 aliphatic heterocycles. The standard InChI is InChI=1S/C12H16N6O2/c1-9-7-14-11(10(2)12(9)18(19)20)8-13-3-5-17-6-4-15-16-17/h4,6-7,13H,3,5,8H2,1-2H3. The highest BCUT2D eigenvalue weighted by Gasteiger charge is 2.18. The molecule has 20 heavy (non-hydrogen) atoms. The van der Waals surface area contributed by atoms with Crippen molar-refractivity contribution in [1.29, 1.82) is 0 Å². The van der Waals surface area contributed by atoms with Crippen LogP contribution in [-0.4, -0.2) is 31.4 Å². The van der Waals surface area contributed by atoms with E-state index in [2.05, 4.69) is 20.6 Å². The largest absolute Gasteiger partial charge is 0.309 e. The molecule has 0 radical (unpaired) electrons. The van der Waals surface area contributed by atoms with Crippen LogP contribution in [0.25, 0.3) is 0 Å². The number of aryl methyl sites for hydroxylation is 1. The summed E-state index contributed by atoms with van der Waals surface area (Å²) < 4.78 is 1.71. The molecule has 8 heteroatoms. The van der Waals surface area contributed by atoms with E-state index in [0.717, 1.165) is 0 Å². The van der Waals surface area contributed by atoms with E-state index in [1.807, 2.05) is 0 Å². The maximum absolute atomic E-state index is 11.0. The zero-order chi connectivity index (χ0) is 14.5. The summed E-state index contributed by atoms with van der Waals surface area (Å²) in [5.41, 5.74) is 2.04. The molecule has 1 N–H and O–H groups in total. The van der Waals surface area contributed by atoms with Gasteiger partial charge in [0, 0.05) is 36.6 Å². The first kappa shape index (κ1) is 14.1. The van der Waals surface area contributed by atoms with Crippen molar-refractivity contribution in [1.82, 2.24) is 25.3 Å². The van der Waals surface area contributed by atoms with Crippen molar-refractivity contribution in [3.8, 4) is 0 Å². The van der Waals surface area contributed by atoms with Gasteiger partial charge in [-0.05, 0) is 13.8 Å². The van der Waals surface area contributed by atoms with Gasteiger partial charge in [-0.2, -0.15) is 0 Å². The first-order valence-electron chi connectivity index (χ1n) is 6.24. The number of hydrogen-bond acceptors (Lipinski definition) is 6. The van der Waals surface area contributed by atoms with Crippen molar-refractivity contribution in [2.75, 3.05) is 6.54 Å². The number of nitrogens with one attached hydrogen (secondary N) is 1. The maximum atomic E-state index is 11.0. The number of rotatable bonds is 6. The molecule has 0 spiro atoms. The van der Waals surface area contributed by atoms with Gasteiger partial charge in [-0.15, -0.1) is 5.10 Å². The van der Waals surface area contributed by atoms with Crippen LogP contribution in [0.2, 0.25) is 0 Å². The number of nitro groups is 1. The molecule has 0 aromatic carbocycles. The van der Waals surface area contributed by atoms with Crippen LogP contribution >= 0.6 is 0 Å². The topological polar surface area (TPSA) is 98.8 Å². The lowest BCUT2D eigenvalue weighted by atomic mass is 10.1. The average molecular weight is 276 g/mol. The van der Waals surface area contributed by atoms with E-state index in [1.165, 1.54) is 0 Å². The molecule has 0 fully saturated rings. The Balaban J connectivity index is 1.96. The lowest BCUT2D eigenvalue weighted by Crippen LogP contribution is -2.21.